The number of benzene rings is 2. The van der Waals surface area contributed by atoms with Crippen LogP contribution >= 0.6 is 0 Å². The molecule has 2 rings (SSSR count). The minimum atomic E-state index is -0.652. The van der Waals surface area contributed by atoms with Crippen LogP contribution in [0.3, 0.4) is 0 Å². The molecule has 0 aliphatic rings. The summed E-state index contributed by atoms with van der Waals surface area (Å²) in [5, 5.41) is 2.56. The lowest BCUT2D eigenvalue weighted by atomic mass is 10.1. The quantitative estimate of drug-likeness (QED) is 0.670. The van der Waals surface area contributed by atoms with Crippen LogP contribution in [0.4, 0.5) is 5.69 Å². The maximum Gasteiger partial charge on any atom is 0.296 e. The third-order valence-electron chi connectivity index (χ3n) is 2.67. The Bertz CT molecular complexity index is 591. The van der Waals surface area contributed by atoms with Gasteiger partial charge in [-0.05, 0) is 43.3 Å². The van der Waals surface area contributed by atoms with Crippen molar-refractivity contribution in [3.63, 3.8) is 0 Å². The van der Waals surface area contributed by atoms with E-state index in [0.29, 0.717) is 23.6 Å². The fourth-order valence-corrected chi connectivity index (χ4v) is 1.71. The average Bonchev–Trinajstić information content (AvgIpc) is 2.48. The molecule has 0 saturated heterocycles. The predicted octanol–water partition coefficient (Wildman–Crippen LogP) is 2.91. The fraction of sp³-hybridized carbons (Fsp3) is 0.125. The van der Waals surface area contributed by atoms with Gasteiger partial charge in [0, 0.05) is 11.3 Å². The minimum Gasteiger partial charge on any atom is -0.494 e. The van der Waals surface area contributed by atoms with Gasteiger partial charge in [0.2, 0.25) is 0 Å². The van der Waals surface area contributed by atoms with Gasteiger partial charge in [-0.3, -0.25) is 9.59 Å². The molecule has 2 aromatic rings. The lowest BCUT2D eigenvalue weighted by Gasteiger charge is -2.05. The summed E-state index contributed by atoms with van der Waals surface area (Å²) < 4.78 is 5.28. The van der Waals surface area contributed by atoms with E-state index in [0.717, 1.165) is 0 Å². The second kappa shape index (κ2) is 6.52. The van der Waals surface area contributed by atoms with E-state index in [1.165, 1.54) is 0 Å². The molecule has 0 saturated carbocycles. The number of ketones is 1. The van der Waals surface area contributed by atoms with Crippen LogP contribution in [0.2, 0.25) is 0 Å². The van der Waals surface area contributed by atoms with Crippen molar-refractivity contribution in [1.82, 2.24) is 0 Å². The predicted molar refractivity (Wildman–Crippen MR) is 77.0 cm³/mol. The summed E-state index contributed by atoms with van der Waals surface area (Å²) in [6.45, 7) is 2.44. The van der Waals surface area contributed by atoms with E-state index in [1.54, 1.807) is 48.5 Å². The van der Waals surface area contributed by atoms with Gasteiger partial charge in [0.05, 0.1) is 6.61 Å². The minimum absolute atomic E-state index is 0.335. The van der Waals surface area contributed by atoms with Crippen molar-refractivity contribution in [2.24, 2.45) is 0 Å². The molecule has 0 aromatic heterocycles. The van der Waals surface area contributed by atoms with E-state index in [4.69, 9.17) is 4.74 Å². The van der Waals surface area contributed by atoms with Gasteiger partial charge in [-0.2, -0.15) is 0 Å². The molecular weight excluding hydrogens is 254 g/mol. The molecule has 0 spiro atoms. The molecule has 1 amide bonds. The number of Topliss-reactive ketones (excluding diaryl/α,β-unsaturated/α-hetero) is 1. The first kappa shape index (κ1) is 13.8. The highest BCUT2D eigenvalue weighted by Crippen LogP contribution is 2.13. The van der Waals surface area contributed by atoms with Gasteiger partial charge in [0.25, 0.3) is 11.7 Å². The van der Waals surface area contributed by atoms with Crippen molar-refractivity contribution in [3.05, 3.63) is 60.2 Å². The molecule has 1 N–H and O–H groups in total. The Morgan fingerprint density at radius 1 is 1.00 bits per heavy atom. The zero-order valence-corrected chi connectivity index (χ0v) is 11.1. The van der Waals surface area contributed by atoms with E-state index < -0.39 is 11.7 Å². The Morgan fingerprint density at radius 3 is 2.25 bits per heavy atom. The summed E-state index contributed by atoms with van der Waals surface area (Å²) in [7, 11) is 0. The van der Waals surface area contributed by atoms with Crippen LogP contribution < -0.4 is 10.1 Å². The Balaban J connectivity index is 2.05. The van der Waals surface area contributed by atoms with E-state index in [1.807, 2.05) is 13.0 Å². The van der Waals surface area contributed by atoms with Gasteiger partial charge in [-0.1, -0.05) is 18.2 Å². The summed E-state index contributed by atoms with van der Waals surface area (Å²) in [6.07, 6.45) is 0. The van der Waals surface area contributed by atoms with Crippen molar-refractivity contribution >= 4 is 17.4 Å². The fourth-order valence-electron chi connectivity index (χ4n) is 1.71. The molecule has 0 atom stereocenters. The Morgan fingerprint density at radius 2 is 1.65 bits per heavy atom. The monoisotopic (exact) mass is 269 g/mol. The van der Waals surface area contributed by atoms with Gasteiger partial charge in [-0.25, -0.2) is 0 Å². The van der Waals surface area contributed by atoms with Crippen molar-refractivity contribution in [2.75, 3.05) is 11.9 Å². The van der Waals surface area contributed by atoms with Crippen LogP contribution in [0.1, 0.15) is 17.3 Å². The first-order chi connectivity index (χ1) is 9.70. The Labute approximate surface area is 117 Å². The maximum atomic E-state index is 12.0. The second-order valence-corrected chi connectivity index (χ2v) is 4.11. The normalized spacial score (nSPS) is 9.85. The maximum absolute atomic E-state index is 12.0. The summed E-state index contributed by atoms with van der Waals surface area (Å²) in [6, 6.07) is 15.4. The van der Waals surface area contributed by atoms with Gasteiger partial charge in [0.15, 0.2) is 0 Å². The van der Waals surface area contributed by atoms with Crippen LogP contribution in [0, 0.1) is 0 Å². The van der Waals surface area contributed by atoms with Crippen molar-refractivity contribution in [1.29, 1.82) is 0 Å². The summed E-state index contributed by atoms with van der Waals surface area (Å²) >= 11 is 0. The number of anilines is 1. The van der Waals surface area contributed by atoms with Crippen LogP contribution in [0.5, 0.6) is 5.75 Å². The van der Waals surface area contributed by atoms with Crippen LogP contribution in [0.15, 0.2) is 54.6 Å². The molecule has 0 aliphatic heterocycles. The highest BCUT2D eigenvalue weighted by Gasteiger charge is 2.16. The summed E-state index contributed by atoms with van der Waals surface area (Å²) in [5.41, 5.74) is 0.929. The lowest BCUT2D eigenvalue weighted by molar-refractivity contribution is -0.112. The van der Waals surface area contributed by atoms with Crippen LogP contribution in [0.25, 0.3) is 0 Å². The number of carbonyl (C=O) groups is 2. The molecule has 0 aliphatic carbocycles. The summed E-state index contributed by atoms with van der Waals surface area (Å²) in [5.74, 6) is -0.551. The molecule has 0 fully saturated rings. The number of hydrogen-bond donors (Lipinski definition) is 1. The third-order valence-corrected chi connectivity index (χ3v) is 2.67. The smallest absolute Gasteiger partial charge is 0.296 e. The first-order valence-electron chi connectivity index (χ1n) is 6.34. The van der Waals surface area contributed by atoms with E-state index in [-0.39, 0.29) is 0 Å². The second-order valence-electron chi connectivity index (χ2n) is 4.11. The molecule has 0 unspecified atom stereocenters. The topological polar surface area (TPSA) is 55.4 Å². The SMILES string of the molecule is CCOc1ccc(C(=O)C(=O)Nc2ccccc2)cc1. The number of carbonyl (C=O) groups excluding carboxylic acids is 2. The van der Waals surface area contributed by atoms with Gasteiger partial charge < -0.3 is 10.1 Å². The van der Waals surface area contributed by atoms with Crippen molar-refractivity contribution < 1.29 is 14.3 Å². The molecule has 0 bridgehead atoms. The summed E-state index contributed by atoms with van der Waals surface area (Å²) in [4.78, 5) is 23.8. The Hall–Kier alpha value is -2.62. The molecular formula is C16H15NO3. The molecule has 0 heterocycles. The lowest BCUT2D eigenvalue weighted by Crippen LogP contribution is -2.22. The molecule has 4 heteroatoms. The number of rotatable bonds is 5. The molecule has 20 heavy (non-hydrogen) atoms. The number of para-hydroxylation sites is 1. The molecule has 102 valence electrons. The molecule has 0 radical (unpaired) electrons. The van der Waals surface area contributed by atoms with E-state index in [2.05, 4.69) is 5.32 Å². The molecule has 2 aromatic carbocycles. The number of amides is 1. The zero-order valence-electron chi connectivity index (χ0n) is 11.1. The van der Waals surface area contributed by atoms with Crippen molar-refractivity contribution in [2.45, 2.75) is 6.92 Å². The van der Waals surface area contributed by atoms with Crippen LogP contribution in [-0.4, -0.2) is 18.3 Å². The number of hydrogen-bond acceptors (Lipinski definition) is 3. The highest BCUT2D eigenvalue weighted by atomic mass is 16.5. The highest BCUT2D eigenvalue weighted by molar-refractivity contribution is 6.46. The number of nitrogens with one attached hydrogen (secondary N) is 1. The first-order valence-corrected chi connectivity index (χ1v) is 6.34. The molecule has 4 nitrogen and oxygen atoms in total. The van der Waals surface area contributed by atoms with E-state index in [9.17, 15) is 9.59 Å². The number of ether oxygens (including phenoxy) is 1. The zero-order chi connectivity index (χ0) is 14.4. The van der Waals surface area contributed by atoms with Crippen molar-refractivity contribution in [3.8, 4) is 5.75 Å². The van der Waals surface area contributed by atoms with Gasteiger partial charge in [0.1, 0.15) is 5.75 Å². The largest absolute Gasteiger partial charge is 0.494 e. The van der Waals surface area contributed by atoms with Gasteiger partial charge in [-0.15, -0.1) is 0 Å². The Kier molecular flexibility index (Phi) is 4.50. The van der Waals surface area contributed by atoms with Crippen LogP contribution in [-0.2, 0) is 4.79 Å². The third kappa shape index (κ3) is 3.45. The standard InChI is InChI=1S/C16H15NO3/c1-2-20-14-10-8-12(9-11-14)15(18)16(19)17-13-6-4-3-5-7-13/h3-11H,2H2,1H3,(H,17,19). The van der Waals surface area contributed by atoms with E-state index >= 15 is 0 Å². The average molecular weight is 269 g/mol. The van der Waals surface area contributed by atoms with Gasteiger partial charge >= 0.3 is 0 Å².